The standard InChI is InChI=1S/C11H15N3OS/c15-10-8-5-7-3-1-2-4-14(7)6-9(8)12-11(16)13-10/h7H,1-6H2,(H2,12,13,15,16). The molecule has 0 aliphatic carbocycles. The highest BCUT2D eigenvalue weighted by atomic mass is 32.1. The number of aromatic amines is 2. The lowest BCUT2D eigenvalue weighted by molar-refractivity contribution is 0.124. The summed E-state index contributed by atoms with van der Waals surface area (Å²) in [6, 6.07) is 0.562. The van der Waals surface area contributed by atoms with Gasteiger partial charge in [-0.2, -0.15) is 0 Å². The molecule has 16 heavy (non-hydrogen) atoms. The number of piperidine rings is 1. The van der Waals surface area contributed by atoms with Crippen molar-refractivity contribution in [3.05, 3.63) is 26.4 Å². The summed E-state index contributed by atoms with van der Waals surface area (Å²) in [5.74, 6) is 0. The average molecular weight is 237 g/mol. The van der Waals surface area contributed by atoms with E-state index in [0.29, 0.717) is 10.8 Å². The number of hydrogen-bond donors (Lipinski definition) is 2. The van der Waals surface area contributed by atoms with Crippen LogP contribution in [0.2, 0.25) is 0 Å². The molecule has 3 rings (SSSR count). The van der Waals surface area contributed by atoms with Crippen LogP contribution in [0.3, 0.4) is 0 Å². The predicted molar refractivity (Wildman–Crippen MR) is 64.0 cm³/mol. The topological polar surface area (TPSA) is 51.9 Å². The lowest BCUT2D eigenvalue weighted by Crippen LogP contribution is -2.45. The van der Waals surface area contributed by atoms with Gasteiger partial charge in [0.2, 0.25) is 0 Å². The van der Waals surface area contributed by atoms with Crippen LogP contribution in [0.5, 0.6) is 0 Å². The molecular formula is C11H15N3OS. The minimum Gasteiger partial charge on any atom is -0.334 e. The van der Waals surface area contributed by atoms with Gasteiger partial charge in [-0.25, -0.2) is 0 Å². The van der Waals surface area contributed by atoms with Gasteiger partial charge in [-0.1, -0.05) is 6.42 Å². The Morgan fingerprint density at radius 2 is 2.19 bits per heavy atom. The van der Waals surface area contributed by atoms with E-state index in [2.05, 4.69) is 14.9 Å². The van der Waals surface area contributed by atoms with Gasteiger partial charge in [0.25, 0.3) is 5.56 Å². The number of nitrogens with zero attached hydrogens (tertiary/aromatic N) is 1. The molecule has 86 valence electrons. The van der Waals surface area contributed by atoms with Crippen LogP contribution in [-0.4, -0.2) is 27.5 Å². The van der Waals surface area contributed by atoms with Crippen LogP contribution in [0, 0.1) is 4.77 Å². The molecule has 0 bridgehead atoms. The van der Waals surface area contributed by atoms with E-state index in [9.17, 15) is 4.79 Å². The Labute approximate surface area is 98.7 Å². The van der Waals surface area contributed by atoms with Crippen LogP contribution in [0.4, 0.5) is 0 Å². The summed E-state index contributed by atoms with van der Waals surface area (Å²) in [5.41, 5.74) is 1.94. The monoisotopic (exact) mass is 237 g/mol. The lowest BCUT2D eigenvalue weighted by atomic mass is 9.91. The van der Waals surface area contributed by atoms with Gasteiger partial charge in [0.1, 0.15) is 0 Å². The lowest BCUT2D eigenvalue weighted by Gasteiger charge is -2.39. The average Bonchev–Trinajstić information content (AvgIpc) is 2.27. The number of aromatic nitrogens is 2. The molecule has 0 amide bonds. The van der Waals surface area contributed by atoms with Crippen LogP contribution < -0.4 is 5.56 Å². The minimum atomic E-state index is 0.00368. The Hall–Kier alpha value is -0.940. The van der Waals surface area contributed by atoms with Crippen molar-refractivity contribution in [3.8, 4) is 0 Å². The second-order valence-corrected chi connectivity index (χ2v) is 5.10. The smallest absolute Gasteiger partial charge is 0.255 e. The van der Waals surface area contributed by atoms with Crippen LogP contribution >= 0.6 is 12.2 Å². The maximum absolute atomic E-state index is 11.8. The van der Waals surface area contributed by atoms with Crippen molar-refractivity contribution in [3.63, 3.8) is 0 Å². The Kier molecular flexibility index (Phi) is 2.44. The summed E-state index contributed by atoms with van der Waals surface area (Å²) in [6.07, 6.45) is 4.65. The molecule has 2 aliphatic heterocycles. The van der Waals surface area contributed by atoms with Gasteiger partial charge in [-0.05, 0) is 38.0 Å². The maximum Gasteiger partial charge on any atom is 0.255 e. The van der Waals surface area contributed by atoms with Crippen LogP contribution in [0.15, 0.2) is 4.79 Å². The first kappa shape index (κ1) is 10.2. The molecule has 1 saturated heterocycles. The highest BCUT2D eigenvalue weighted by molar-refractivity contribution is 7.71. The van der Waals surface area contributed by atoms with Gasteiger partial charge in [-0.3, -0.25) is 14.7 Å². The van der Waals surface area contributed by atoms with E-state index in [1.54, 1.807) is 0 Å². The fourth-order valence-electron chi connectivity index (χ4n) is 2.85. The zero-order valence-corrected chi connectivity index (χ0v) is 9.90. The van der Waals surface area contributed by atoms with E-state index in [0.717, 1.165) is 30.8 Å². The van der Waals surface area contributed by atoms with E-state index in [1.807, 2.05) is 0 Å². The van der Waals surface area contributed by atoms with Gasteiger partial charge in [-0.15, -0.1) is 0 Å². The Bertz CT molecular complexity index is 519. The number of rotatable bonds is 0. The van der Waals surface area contributed by atoms with Crippen LogP contribution in [-0.2, 0) is 13.0 Å². The van der Waals surface area contributed by atoms with Crippen molar-refractivity contribution in [2.24, 2.45) is 0 Å². The summed E-state index contributed by atoms with van der Waals surface area (Å²) in [7, 11) is 0. The van der Waals surface area contributed by atoms with Crippen molar-refractivity contribution >= 4 is 12.2 Å². The number of H-pyrrole nitrogens is 2. The van der Waals surface area contributed by atoms with E-state index in [-0.39, 0.29) is 5.56 Å². The third-order valence-electron chi connectivity index (χ3n) is 3.68. The second-order valence-electron chi connectivity index (χ2n) is 4.69. The van der Waals surface area contributed by atoms with Crippen molar-refractivity contribution in [2.45, 2.75) is 38.3 Å². The predicted octanol–water partition coefficient (Wildman–Crippen LogP) is 1.34. The van der Waals surface area contributed by atoms with Crippen LogP contribution in [0.25, 0.3) is 0 Å². The number of hydrogen-bond acceptors (Lipinski definition) is 3. The van der Waals surface area contributed by atoms with Gasteiger partial charge in [0.15, 0.2) is 4.77 Å². The molecule has 2 N–H and O–H groups in total. The van der Waals surface area contributed by atoms with Gasteiger partial charge in [0, 0.05) is 23.8 Å². The first-order valence-corrected chi connectivity index (χ1v) is 6.23. The highest BCUT2D eigenvalue weighted by Crippen LogP contribution is 2.26. The van der Waals surface area contributed by atoms with Crippen molar-refractivity contribution in [1.82, 2.24) is 14.9 Å². The zero-order chi connectivity index (χ0) is 11.1. The minimum absolute atomic E-state index is 0.00368. The molecule has 1 atom stereocenters. The zero-order valence-electron chi connectivity index (χ0n) is 9.08. The molecule has 1 unspecified atom stereocenters. The first-order chi connectivity index (χ1) is 7.74. The van der Waals surface area contributed by atoms with Crippen molar-refractivity contribution in [1.29, 1.82) is 0 Å². The maximum atomic E-state index is 11.8. The third-order valence-corrected chi connectivity index (χ3v) is 3.88. The molecule has 0 saturated carbocycles. The molecule has 1 aromatic heterocycles. The van der Waals surface area contributed by atoms with Crippen molar-refractivity contribution < 1.29 is 0 Å². The van der Waals surface area contributed by atoms with Crippen LogP contribution in [0.1, 0.15) is 30.5 Å². The SMILES string of the molecule is O=c1[nH]c(=S)[nH]c2c1CC1CCCCN1C2. The fraction of sp³-hybridized carbons (Fsp3) is 0.636. The van der Waals surface area contributed by atoms with E-state index in [1.165, 1.54) is 19.3 Å². The quantitative estimate of drug-likeness (QED) is 0.670. The molecular weight excluding hydrogens is 222 g/mol. The molecule has 4 nitrogen and oxygen atoms in total. The van der Waals surface area contributed by atoms with Gasteiger partial charge >= 0.3 is 0 Å². The number of nitrogens with one attached hydrogen (secondary N) is 2. The second kappa shape index (κ2) is 3.82. The third kappa shape index (κ3) is 1.64. The normalized spacial score (nSPS) is 24.9. The highest BCUT2D eigenvalue weighted by Gasteiger charge is 2.29. The Morgan fingerprint density at radius 1 is 1.31 bits per heavy atom. The molecule has 5 heteroatoms. The molecule has 0 radical (unpaired) electrons. The van der Waals surface area contributed by atoms with E-state index in [4.69, 9.17) is 12.2 Å². The molecule has 0 spiro atoms. The van der Waals surface area contributed by atoms with Gasteiger partial charge < -0.3 is 4.98 Å². The molecule has 3 heterocycles. The Morgan fingerprint density at radius 3 is 3.06 bits per heavy atom. The summed E-state index contributed by atoms with van der Waals surface area (Å²) in [6.45, 7) is 2.01. The summed E-state index contributed by atoms with van der Waals surface area (Å²) in [5, 5.41) is 0. The van der Waals surface area contributed by atoms with Crippen molar-refractivity contribution in [2.75, 3.05) is 6.54 Å². The Balaban J connectivity index is 2.04. The number of fused-ring (bicyclic) bond motifs is 2. The summed E-state index contributed by atoms with van der Waals surface area (Å²) in [4.78, 5) is 20.1. The summed E-state index contributed by atoms with van der Waals surface area (Å²) < 4.78 is 0.444. The molecule has 0 aromatic carbocycles. The van der Waals surface area contributed by atoms with Gasteiger partial charge in [0.05, 0.1) is 0 Å². The summed E-state index contributed by atoms with van der Waals surface area (Å²) >= 11 is 5.00. The molecule has 1 aromatic rings. The first-order valence-electron chi connectivity index (χ1n) is 5.82. The van der Waals surface area contributed by atoms with E-state index >= 15 is 0 Å². The largest absolute Gasteiger partial charge is 0.334 e. The molecule has 1 fully saturated rings. The fourth-order valence-corrected chi connectivity index (χ4v) is 3.06. The van der Waals surface area contributed by atoms with E-state index < -0.39 is 0 Å². The molecule has 2 aliphatic rings.